The summed E-state index contributed by atoms with van der Waals surface area (Å²) < 4.78 is 10.4. The first-order valence-corrected chi connectivity index (χ1v) is 6.37. The lowest BCUT2D eigenvalue weighted by atomic mass is 10.2. The second kappa shape index (κ2) is 5.12. The minimum atomic E-state index is 0.0215. The third-order valence-corrected chi connectivity index (χ3v) is 2.80. The van der Waals surface area contributed by atoms with Gasteiger partial charge in [-0.05, 0) is 18.4 Å². The van der Waals surface area contributed by atoms with Gasteiger partial charge in [0.05, 0.1) is 0 Å². The van der Waals surface area contributed by atoms with Gasteiger partial charge in [0.2, 0.25) is 12.7 Å². The van der Waals surface area contributed by atoms with Crippen LogP contribution in [-0.2, 0) is 4.79 Å². The van der Waals surface area contributed by atoms with Crippen molar-refractivity contribution in [2.45, 2.75) is 6.42 Å². The molecule has 0 unspecified atom stereocenters. The van der Waals surface area contributed by atoms with Crippen molar-refractivity contribution < 1.29 is 14.3 Å². The maximum atomic E-state index is 11.5. The van der Waals surface area contributed by atoms with E-state index in [9.17, 15) is 4.79 Å². The second-order valence-electron chi connectivity index (χ2n) is 3.36. The van der Waals surface area contributed by atoms with Crippen LogP contribution in [-0.4, -0.2) is 24.7 Å². The molecule has 1 amide bonds. The number of carbonyl (C=O) groups is 1. The first kappa shape index (κ1) is 11.1. The largest absolute Gasteiger partial charge is 0.454 e. The Morgan fingerprint density at radius 1 is 1.44 bits per heavy atom. The summed E-state index contributed by atoms with van der Waals surface area (Å²) >= 11 is 1.66. The quantitative estimate of drug-likeness (QED) is 0.874. The molecule has 1 aromatic rings. The molecule has 16 heavy (non-hydrogen) atoms. The van der Waals surface area contributed by atoms with Crippen LogP contribution in [0, 0.1) is 0 Å². The lowest BCUT2D eigenvalue weighted by Crippen LogP contribution is -2.11. The topological polar surface area (TPSA) is 47.6 Å². The van der Waals surface area contributed by atoms with Crippen LogP contribution in [0.15, 0.2) is 18.2 Å². The van der Waals surface area contributed by atoms with Gasteiger partial charge in [-0.15, -0.1) is 0 Å². The second-order valence-corrected chi connectivity index (χ2v) is 4.34. The molecule has 1 heterocycles. The summed E-state index contributed by atoms with van der Waals surface area (Å²) in [4.78, 5) is 11.5. The standard InChI is InChI=1S/C11H13NO3S/c1-16-5-4-11(13)12-8-2-3-9-10(6-8)15-7-14-9/h2-3,6H,4-5,7H2,1H3,(H,12,13). The number of hydrogen-bond donors (Lipinski definition) is 1. The Balaban J connectivity index is 1.97. The number of carbonyl (C=O) groups excluding carboxylic acids is 1. The molecule has 1 aromatic carbocycles. The van der Waals surface area contributed by atoms with E-state index in [0.717, 1.165) is 17.2 Å². The summed E-state index contributed by atoms with van der Waals surface area (Å²) in [5.41, 5.74) is 0.746. The van der Waals surface area contributed by atoms with E-state index < -0.39 is 0 Å². The molecule has 86 valence electrons. The normalized spacial score (nSPS) is 12.6. The van der Waals surface area contributed by atoms with Gasteiger partial charge in [-0.25, -0.2) is 0 Å². The molecule has 4 nitrogen and oxygen atoms in total. The number of anilines is 1. The van der Waals surface area contributed by atoms with E-state index in [0.29, 0.717) is 12.2 Å². The molecule has 0 aromatic heterocycles. The first-order valence-electron chi connectivity index (χ1n) is 4.98. The minimum Gasteiger partial charge on any atom is -0.454 e. The highest BCUT2D eigenvalue weighted by Crippen LogP contribution is 2.34. The lowest BCUT2D eigenvalue weighted by Gasteiger charge is -2.05. The average molecular weight is 239 g/mol. The molecule has 1 aliphatic rings. The minimum absolute atomic E-state index is 0.0215. The van der Waals surface area contributed by atoms with E-state index >= 15 is 0 Å². The van der Waals surface area contributed by atoms with E-state index in [4.69, 9.17) is 9.47 Å². The summed E-state index contributed by atoms with van der Waals surface area (Å²) in [6.07, 6.45) is 2.50. The van der Waals surface area contributed by atoms with Gasteiger partial charge in [-0.2, -0.15) is 11.8 Å². The molecule has 2 rings (SSSR count). The van der Waals surface area contributed by atoms with Gasteiger partial charge >= 0.3 is 0 Å². The molecule has 0 radical (unpaired) electrons. The van der Waals surface area contributed by atoms with Gasteiger partial charge in [0.1, 0.15) is 0 Å². The van der Waals surface area contributed by atoms with Crippen molar-refractivity contribution in [2.75, 3.05) is 24.1 Å². The SMILES string of the molecule is CSCCC(=O)Nc1ccc2c(c1)OCO2. The average Bonchev–Trinajstić information content (AvgIpc) is 2.73. The molecule has 0 saturated carbocycles. The molecule has 0 bridgehead atoms. The van der Waals surface area contributed by atoms with Crippen LogP contribution in [0.25, 0.3) is 0 Å². The fourth-order valence-corrected chi connectivity index (χ4v) is 1.78. The predicted molar refractivity (Wildman–Crippen MR) is 64.2 cm³/mol. The molecular formula is C11H13NO3S. The van der Waals surface area contributed by atoms with Crippen molar-refractivity contribution in [2.24, 2.45) is 0 Å². The predicted octanol–water partition coefficient (Wildman–Crippen LogP) is 2.11. The number of thioether (sulfide) groups is 1. The summed E-state index contributed by atoms with van der Waals surface area (Å²) in [5.74, 6) is 2.26. The molecular weight excluding hydrogens is 226 g/mol. The van der Waals surface area contributed by atoms with Crippen molar-refractivity contribution in [1.29, 1.82) is 0 Å². The Kier molecular flexibility index (Phi) is 3.56. The summed E-state index contributed by atoms with van der Waals surface area (Å²) in [6, 6.07) is 5.39. The van der Waals surface area contributed by atoms with Crippen LogP contribution in [0.5, 0.6) is 11.5 Å². The van der Waals surface area contributed by atoms with Crippen molar-refractivity contribution in [1.82, 2.24) is 0 Å². The van der Waals surface area contributed by atoms with Gasteiger partial charge in [0.15, 0.2) is 11.5 Å². The van der Waals surface area contributed by atoms with E-state index in [1.165, 1.54) is 0 Å². The summed E-state index contributed by atoms with van der Waals surface area (Å²) in [5, 5.41) is 2.82. The van der Waals surface area contributed by atoms with Crippen LogP contribution >= 0.6 is 11.8 Å². The number of benzene rings is 1. The molecule has 1 N–H and O–H groups in total. The summed E-state index contributed by atoms with van der Waals surface area (Å²) in [6.45, 7) is 0.249. The number of hydrogen-bond acceptors (Lipinski definition) is 4. The highest BCUT2D eigenvalue weighted by molar-refractivity contribution is 7.98. The van der Waals surface area contributed by atoms with Gasteiger partial charge < -0.3 is 14.8 Å². The number of amides is 1. The fraction of sp³-hybridized carbons (Fsp3) is 0.364. The molecule has 0 fully saturated rings. The lowest BCUT2D eigenvalue weighted by molar-refractivity contribution is -0.115. The molecule has 0 saturated heterocycles. The molecule has 0 aliphatic carbocycles. The Hall–Kier alpha value is -1.36. The van der Waals surface area contributed by atoms with Gasteiger partial charge in [-0.3, -0.25) is 4.79 Å². The van der Waals surface area contributed by atoms with Crippen LogP contribution in [0.4, 0.5) is 5.69 Å². The third-order valence-electron chi connectivity index (χ3n) is 2.19. The molecule has 0 atom stereocenters. The number of ether oxygens (including phenoxy) is 2. The van der Waals surface area contributed by atoms with Crippen molar-refractivity contribution >= 4 is 23.4 Å². The van der Waals surface area contributed by atoms with Crippen molar-refractivity contribution in [3.05, 3.63) is 18.2 Å². The summed E-state index contributed by atoms with van der Waals surface area (Å²) in [7, 11) is 0. The zero-order valence-corrected chi connectivity index (χ0v) is 9.80. The first-order chi connectivity index (χ1) is 7.79. The molecule has 1 aliphatic heterocycles. The number of rotatable bonds is 4. The van der Waals surface area contributed by atoms with Crippen LogP contribution in [0.2, 0.25) is 0 Å². The Morgan fingerprint density at radius 2 is 2.25 bits per heavy atom. The van der Waals surface area contributed by atoms with Gasteiger partial charge in [0.25, 0.3) is 0 Å². The van der Waals surface area contributed by atoms with E-state index in [-0.39, 0.29) is 12.7 Å². The maximum absolute atomic E-state index is 11.5. The fourth-order valence-electron chi connectivity index (χ4n) is 1.39. The van der Waals surface area contributed by atoms with Crippen LogP contribution in [0.3, 0.4) is 0 Å². The Morgan fingerprint density at radius 3 is 3.06 bits per heavy atom. The van der Waals surface area contributed by atoms with Crippen molar-refractivity contribution in [3.63, 3.8) is 0 Å². The van der Waals surface area contributed by atoms with E-state index in [2.05, 4.69) is 5.32 Å². The van der Waals surface area contributed by atoms with Crippen LogP contribution in [0.1, 0.15) is 6.42 Å². The zero-order valence-electron chi connectivity index (χ0n) is 8.99. The number of fused-ring (bicyclic) bond motifs is 1. The van der Waals surface area contributed by atoms with Gasteiger partial charge in [-0.1, -0.05) is 0 Å². The highest BCUT2D eigenvalue weighted by Gasteiger charge is 2.13. The molecule has 5 heteroatoms. The van der Waals surface area contributed by atoms with E-state index in [1.807, 2.05) is 12.3 Å². The smallest absolute Gasteiger partial charge is 0.231 e. The highest BCUT2D eigenvalue weighted by atomic mass is 32.2. The third kappa shape index (κ3) is 2.61. The number of nitrogens with one attached hydrogen (secondary N) is 1. The Bertz CT molecular complexity index is 395. The maximum Gasteiger partial charge on any atom is 0.231 e. The van der Waals surface area contributed by atoms with Crippen LogP contribution < -0.4 is 14.8 Å². The monoisotopic (exact) mass is 239 g/mol. The van der Waals surface area contributed by atoms with Gasteiger partial charge in [0, 0.05) is 23.9 Å². The molecule has 0 spiro atoms. The van der Waals surface area contributed by atoms with Crippen molar-refractivity contribution in [3.8, 4) is 11.5 Å². The Labute approximate surface area is 98.3 Å². The van der Waals surface area contributed by atoms with E-state index in [1.54, 1.807) is 23.9 Å². The zero-order chi connectivity index (χ0) is 11.4.